The lowest BCUT2D eigenvalue weighted by Gasteiger charge is -2.34. The molecule has 31 heavy (non-hydrogen) atoms. The quantitative estimate of drug-likeness (QED) is 0.490. The molecule has 1 aliphatic heterocycles. The highest BCUT2D eigenvalue weighted by Crippen LogP contribution is 2.18. The van der Waals surface area contributed by atoms with Crippen LogP contribution in [0.2, 0.25) is 10.0 Å². The lowest BCUT2D eigenvalue weighted by molar-refractivity contribution is 0.0628. The minimum Gasteiger partial charge on any atom is -0.489 e. The molecule has 0 aliphatic carbocycles. The molecule has 4 nitrogen and oxygen atoms in total. The molecular weight excluding hydrogens is 431 g/mol. The minimum absolute atomic E-state index is 0.0765. The average molecular weight is 455 g/mol. The molecule has 0 N–H and O–H groups in total. The van der Waals surface area contributed by atoms with Gasteiger partial charge >= 0.3 is 0 Å². The van der Waals surface area contributed by atoms with Crippen LogP contribution in [0.15, 0.2) is 72.8 Å². The number of carbonyl (C=O) groups is 1. The Morgan fingerprint density at radius 3 is 2.19 bits per heavy atom. The van der Waals surface area contributed by atoms with Crippen molar-refractivity contribution >= 4 is 29.1 Å². The number of carbonyl (C=O) groups excluding carboxylic acids is 1. The number of nitrogens with zero attached hydrogens (tertiary/aromatic N) is 2. The average Bonchev–Trinajstić information content (AvgIpc) is 2.79. The topological polar surface area (TPSA) is 32.8 Å². The van der Waals surface area contributed by atoms with Crippen molar-refractivity contribution in [2.75, 3.05) is 26.2 Å². The minimum atomic E-state index is 0.0765. The van der Waals surface area contributed by atoms with E-state index < -0.39 is 0 Å². The summed E-state index contributed by atoms with van der Waals surface area (Å²) >= 11 is 12.0. The fourth-order valence-electron chi connectivity index (χ4n) is 3.63. The van der Waals surface area contributed by atoms with Crippen LogP contribution >= 0.6 is 23.2 Å². The van der Waals surface area contributed by atoms with Crippen molar-refractivity contribution in [3.8, 4) is 5.75 Å². The van der Waals surface area contributed by atoms with Gasteiger partial charge in [0.1, 0.15) is 12.4 Å². The maximum atomic E-state index is 12.9. The number of amides is 1. The van der Waals surface area contributed by atoms with E-state index in [1.54, 1.807) is 12.1 Å². The number of hydrogen-bond donors (Lipinski definition) is 0. The number of piperazine rings is 1. The van der Waals surface area contributed by atoms with Crippen LogP contribution in [-0.4, -0.2) is 41.9 Å². The predicted molar refractivity (Wildman–Crippen MR) is 125 cm³/mol. The van der Waals surface area contributed by atoms with Crippen LogP contribution in [0.1, 0.15) is 21.5 Å². The normalized spacial score (nSPS) is 14.5. The van der Waals surface area contributed by atoms with Crippen LogP contribution < -0.4 is 4.74 Å². The van der Waals surface area contributed by atoms with E-state index in [1.165, 1.54) is 5.56 Å². The monoisotopic (exact) mass is 454 g/mol. The number of ether oxygens (including phenoxy) is 1. The standard InChI is InChI=1S/C25H24Cl2N2O2/c26-22-8-10-24(11-9-22)31-18-19-4-6-21(7-5-19)25(30)29-14-12-28(13-15-29)17-20-2-1-3-23(27)16-20/h1-11,16H,12-15,17-18H2. The van der Waals surface area contributed by atoms with E-state index in [-0.39, 0.29) is 5.91 Å². The number of benzene rings is 3. The largest absolute Gasteiger partial charge is 0.489 e. The molecule has 3 aromatic rings. The van der Waals surface area contributed by atoms with Crippen LogP contribution in [0, 0.1) is 0 Å². The van der Waals surface area contributed by atoms with E-state index in [4.69, 9.17) is 27.9 Å². The van der Waals surface area contributed by atoms with E-state index in [0.717, 1.165) is 49.1 Å². The first kappa shape index (κ1) is 21.7. The third-order valence-electron chi connectivity index (χ3n) is 5.37. The zero-order valence-electron chi connectivity index (χ0n) is 17.1. The fraction of sp³-hybridized carbons (Fsp3) is 0.240. The highest BCUT2D eigenvalue weighted by atomic mass is 35.5. The molecular formula is C25H24Cl2N2O2. The summed E-state index contributed by atoms with van der Waals surface area (Å²) in [6.45, 7) is 4.45. The van der Waals surface area contributed by atoms with Crippen LogP contribution in [-0.2, 0) is 13.2 Å². The second-order valence-corrected chi connectivity index (χ2v) is 8.51. The van der Waals surface area contributed by atoms with E-state index in [9.17, 15) is 4.79 Å². The highest BCUT2D eigenvalue weighted by molar-refractivity contribution is 6.30. The van der Waals surface area contributed by atoms with Gasteiger partial charge in [-0.2, -0.15) is 0 Å². The van der Waals surface area contributed by atoms with Crippen LogP contribution in [0.25, 0.3) is 0 Å². The summed E-state index contributed by atoms with van der Waals surface area (Å²) in [7, 11) is 0. The molecule has 1 heterocycles. The Hall–Kier alpha value is -2.53. The Morgan fingerprint density at radius 1 is 0.806 bits per heavy atom. The molecule has 0 saturated carbocycles. The lowest BCUT2D eigenvalue weighted by atomic mass is 10.1. The van der Waals surface area contributed by atoms with Crippen molar-refractivity contribution in [1.82, 2.24) is 9.80 Å². The number of hydrogen-bond acceptors (Lipinski definition) is 3. The first-order chi connectivity index (χ1) is 15.1. The van der Waals surface area contributed by atoms with Gasteiger partial charge in [-0.3, -0.25) is 9.69 Å². The number of halogens is 2. The van der Waals surface area contributed by atoms with Gasteiger partial charge < -0.3 is 9.64 Å². The summed E-state index contributed by atoms with van der Waals surface area (Å²) in [5, 5.41) is 1.44. The molecule has 0 bridgehead atoms. The predicted octanol–water partition coefficient (Wildman–Crippen LogP) is 5.53. The third kappa shape index (κ3) is 6.01. The zero-order valence-corrected chi connectivity index (χ0v) is 18.6. The van der Waals surface area contributed by atoms with Gasteiger partial charge in [0.2, 0.25) is 0 Å². The summed E-state index contributed by atoms with van der Waals surface area (Å²) in [6.07, 6.45) is 0. The Bertz CT molecular complexity index is 1010. The van der Waals surface area contributed by atoms with E-state index in [0.29, 0.717) is 17.2 Å². The smallest absolute Gasteiger partial charge is 0.253 e. The molecule has 4 rings (SSSR count). The first-order valence-electron chi connectivity index (χ1n) is 10.3. The van der Waals surface area contributed by atoms with Crippen molar-refractivity contribution in [2.45, 2.75) is 13.2 Å². The van der Waals surface area contributed by atoms with Crippen molar-refractivity contribution < 1.29 is 9.53 Å². The van der Waals surface area contributed by atoms with Crippen molar-refractivity contribution in [2.24, 2.45) is 0 Å². The van der Waals surface area contributed by atoms with Crippen LogP contribution in [0.3, 0.4) is 0 Å². The number of rotatable bonds is 6. The highest BCUT2D eigenvalue weighted by Gasteiger charge is 2.22. The van der Waals surface area contributed by atoms with Gasteiger partial charge in [0.05, 0.1) is 0 Å². The molecule has 0 spiro atoms. The second-order valence-electron chi connectivity index (χ2n) is 7.64. The SMILES string of the molecule is O=C(c1ccc(COc2ccc(Cl)cc2)cc1)N1CCN(Cc2cccc(Cl)c2)CC1. The van der Waals surface area contributed by atoms with Crippen molar-refractivity contribution in [1.29, 1.82) is 0 Å². The summed E-state index contributed by atoms with van der Waals surface area (Å²) in [5.74, 6) is 0.841. The van der Waals surface area contributed by atoms with E-state index in [1.807, 2.05) is 59.5 Å². The molecule has 1 fully saturated rings. The van der Waals surface area contributed by atoms with Crippen molar-refractivity contribution in [3.05, 3.63) is 99.5 Å². The first-order valence-corrected chi connectivity index (χ1v) is 11.1. The van der Waals surface area contributed by atoms with Crippen molar-refractivity contribution in [3.63, 3.8) is 0 Å². The zero-order chi connectivity index (χ0) is 21.6. The van der Waals surface area contributed by atoms with E-state index in [2.05, 4.69) is 11.0 Å². The molecule has 0 radical (unpaired) electrons. The summed E-state index contributed by atoms with van der Waals surface area (Å²) < 4.78 is 5.76. The van der Waals surface area contributed by atoms with Crippen LogP contribution in [0.4, 0.5) is 0 Å². The summed E-state index contributed by atoms with van der Waals surface area (Å²) in [5.41, 5.74) is 2.92. The molecule has 6 heteroatoms. The molecule has 1 aliphatic rings. The lowest BCUT2D eigenvalue weighted by Crippen LogP contribution is -2.48. The third-order valence-corrected chi connectivity index (χ3v) is 5.86. The van der Waals surface area contributed by atoms with Gasteiger partial charge in [0.25, 0.3) is 5.91 Å². The Morgan fingerprint density at radius 2 is 1.52 bits per heavy atom. The molecule has 1 saturated heterocycles. The maximum absolute atomic E-state index is 12.9. The van der Waals surface area contributed by atoms with Gasteiger partial charge in [-0.1, -0.05) is 47.5 Å². The molecule has 160 valence electrons. The molecule has 3 aromatic carbocycles. The van der Waals surface area contributed by atoms with E-state index >= 15 is 0 Å². The molecule has 0 aromatic heterocycles. The van der Waals surface area contributed by atoms with Gasteiger partial charge in [-0.05, 0) is 59.7 Å². The fourth-order valence-corrected chi connectivity index (χ4v) is 3.97. The maximum Gasteiger partial charge on any atom is 0.253 e. The summed E-state index contributed by atoms with van der Waals surface area (Å²) in [4.78, 5) is 17.2. The summed E-state index contributed by atoms with van der Waals surface area (Å²) in [6, 6.07) is 22.9. The Labute approximate surface area is 192 Å². The Balaban J connectivity index is 1.27. The molecule has 1 amide bonds. The van der Waals surface area contributed by atoms with Gasteiger partial charge in [-0.25, -0.2) is 0 Å². The molecule has 0 atom stereocenters. The Kier molecular flexibility index (Phi) is 7.13. The van der Waals surface area contributed by atoms with Gasteiger partial charge in [0, 0.05) is 48.3 Å². The van der Waals surface area contributed by atoms with Gasteiger partial charge in [-0.15, -0.1) is 0 Å². The molecule has 0 unspecified atom stereocenters. The van der Waals surface area contributed by atoms with Gasteiger partial charge in [0.15, 0.2) is 0 Å². The second kappa shape index (κ2) is 10.2. The van der Waals surface area contributed by atoms with Crippen LogP contribution in [0.5, 0.6) is 5.75 Å².